The van der Waals surface area contributed by atoms with Crippen molar-refractivity contribution >= 4 is 21.6 Å². The van der Waals surface area contributed by atoms with Crippen molar-refractivity contribution in [3.8, 4) is 17.2 Å². The Bertz CT molecular complexity index is 1010. The first-order valence-corrected chi connectivity index (χ1v) is 11.7. The predicted molar refractivity (Wildman–Crippen MR) is 117 cm³/mol. The summed E-state index contributed by atoms with van der Waals surface area (Å²) < 4.78 is 43.8. The van der Waals surface area contributed by atoms with Crippen molar-refractivity contribution in [3.63, 3.8) is 0 Å². The zero-order chi connectivity index (χ0) is 22.4. The number of amides is 1. The van der Waals surface area contributed by atoms with Gasteiger partial charge in [0.2, 0.25) is 15.9 Å². The molecule has 1 N–H and O–H groups in total. The SMILES string of the molecule is CCOc1ccc(OCC)c(NC(=O)C2CCCN2S(=O)(=O)c2ccc(OC)cc2)c1. The van der Waals surface area contributed by atoms with Gasteiger partial charge < -0.3 is 19.5 Å². The molecule has 1 saturated heterocycles. The fourth-order valence-corrected chi connectivity index (χ4v) is 5.19. The number of hydrogen-bond donors (Lipinski definition) is 1. The van der Waals surface area contributed by atoms with Crippen molar-refractivity contribution in [2.24, 2.45) is 0 Å². The Labute approximate surface area is 183 Å². The van der Waals surface area contributed by atoms with Gasteiger partial charge in [0, 0.05) is 12.6 Å². The highest BCUT2D eigenvalue weighted by Crippen LogP contribution is 2.32. The third-order valence-corrected chi connectivity index (χ3v) is 6.91. The highest BCUT2D eigenvalue weighted by Gasteiger charge is 2.39. The number of nitrogens with one attached hydrogen (secondary N) is 1. The molecule has 1 amide bonds. The zero-order valence-electron chi connectivity index (χ0n) is 18.0. The number of benzene rings is 2. The number of methoxy groups -OCH3 is 1. The van der Waals surface area contributed by atoms with E-state index >= 15 is 0 Å². The number of nitrogens with zero attached hydrogens (tertiary/aromatic N) is 1. The van der Waals surface area contributed by atoms with Gasteiger partial charge in [0.1, 0.15) is 23.3 Å². The number of ether oxygens (including phenoxy) is 3. The summed E-state index contributed by atoms with van der Waals surface area (Å²) in [6.07, 6.45) is 1.04. The summed E-state index contributed by atoms with van der Waals surface area (Å²) in [5.74, 6) is 1.26. The molecular weight excluding hydrogens is 420 g/mol. The van der Waals surface area contributed by atoms with Crippen LogP contribution in [0.5, 0.6) is 17.2 Å². The molecule has 0 radical (unpaired) electrons. The van der Waals surface area contributed by atoms with E-state index in [4.69, 9.17) is 14.2 Å². The number of anilines is 1. The minimum Gasteiger partial charge on any atom is -0.497 e. The van der Waals surface area contributed by atoms with E-state index in [1.807, 2.05) is 13.8 Å². The average Bonchev–Trinajstić information content (AvgIpc) is 3.27. The first-order chi connectivity index (χ1) is 14.9. The largest absolute Gasteiger partial charge is 0.497 e. The lowest BCUT2D eigenvalue weighted by Crippen LogP contribution is -2.43. The minimum atomic E-state index is -3.83. The molecule has 1 aliphatic rings. The fourth-order valence-electron chi connectivity index (χ4n) is 3.53. The van der Waals surface area contributed by atoms with Crippen molar-refractivity contribution in [1.82, 2.24) is 4.31 Å². The van der Waals surface area contributed by atoms with Gasteiger partial charge in [-0.15, -0.1) is 0 Å². The topological polar surface area (TPSA) is 94.2 Å². The lowest BCUT2D eigenvalue weighted by atomic mass is 10.2. The van der Waals surface area contributed by atoms with E-state index in [0.717, 1.165) is 0 Å². The van der Waals surface area contributed by atoms with Crippen LogP contribution in [-0.2, 0) is 14.8 Å². The number of carbonyl (C=O) groups is 1. The lowest BCUT2D eigenvalue weighted by molar-refractivity contribution is -0.119. The molecule has 0 aromatic heterocycles. The molecule has 1 aliphatic heterocycles. The summed E-state index contributed by atoms with van der Waals surface area (Å²) in [4.78, 5) is 13.2. The summed E-state index contributed by atoms with van der Waals surface area (Å²) in [6.45, 7) is 4.91. The van der Waals surface area contributed by atoms with Gasteiger partial charge in [0.05, 0.1) is 30.9 Å². The lowest BCUT2D eigenvalue weighted by Gasteiger charge is -2.24. The van der Waals surface area contributed by atoms with E-state index in [1.165, 1.54) is 23.5 Å². The molecular formula is C22H28N2O6S. The van der Waals surface area contributed by atoms with Gasteiger partial charge in [0.15, 0.2) is 0 Å². The zero-order valence-corrected chi connectivity index (χ0v) is 18.8. The van der Waals surface area contributed by atoms with E-state index in [2.05, 4.69) is 5.32 Å². The van der Waals surface area contributed by atoms with Gasteiger partial charge in [-0.1, -0.05) is 0 Å². The molecule has 2 aromatic carbocycles. The van der Waals surface area contributed by atoms with E-state index < -0.39 is 22.0 Å². The predicted octanol–water partition coefficient (Wildman–Crippen LogP) is 3.28. The van der Waals surface area contributed by atoms with Crippen LogP contribution in [0.25, 0.3) is 0 Å². The van der Waals surface area contributed by atoms with E-state index in [-0.39, 0.29) is 11.4 Å². The Hall–Kier alpha value is -2.78. The molecule has 0 aliphatic carbocycles. The van der Waals surface area contributed by atoms with Crippen LogP contribution >= 0.6 is 0 Å². The first-order valence-electron chi connectivity index (χ1n) is 10.3. The van der Waals surface area contributed by atoms with Crippen LogP contribution in [0.15, 0.2) is 47.4 Å². The molecule has 1 unspecified atom stereocenters. The summed E-state index contributed by atoms with van der Waals surface area (Å²) >= 11 is 0. The fraction of sp³-hybridized carbons (Fsp3) is 0.409. The molecule has 0 spiro atoms. The van der Waals surface area contributed by atoms with Gasteiger partial charge in [-0.3, -0.25) is 4.79 Å². The second-order valence-electron chi connectivity index (χ2n) is 6.96. The molecule has 1 fully saturated rings. The Kier molecular flexibility index (Phi) is 7.40. The van der Waals surface area contributed by atoms with Gasteiger partial charge in [-0.2, -0.15) is 4.31 Å². The maximum Gasteiger partial charge on any atom is 0.243 e. The Morgan fingerprint density at radius 2 is 1.74 bits per heavy atom. The Morgan fingerprint density at radius 1 is 1.06 bits per heavy atom. The van der Waals surface area contributed by atoms with Crippen LogP contribution in [-0.4, -0.2) is 51.5 Å². The third kappa shape index (κ3) is 5.11. The highest BCUT2D eigenvalue weighted by atomic mass is 32.2. The average molecular weight is 449 g/mol. The second kappa shape index (κ2) is 10.0. The van der Waals surface area contributed by atoms with Crippen molar-refractivity contribution in [2.45, 2.75) is 37.6 Å². The van der Waals surface area contributed by atoms with E-state index in [0.29, 0.717) is 49.0 Å². The summed E-state index contributed by atoms with van der Waals surface area (Å²) in [5, 5.41) is 2.84. The normalized spacial score (nSPS) is 16.7. The van der Waals surface area contributed by atoms with Crippen molar-refractivity contribution in [1.29, 1.82) is 0 Å². The quantitative estimate of drug-likeness (QED) is 0.633. The third-order valence-electron chi connectivity index (χ3n) is 4.99. The van der Waals surface area contributed by atoms with Crippen LogP contribution in [0.4, 0.5) is 5.69 Å². The number of sulfonamides is 1. The van der Waals surface area contributed by atoms with Gasteiger partial charge in [0.25, 0.3) is 0 Å². The summed E-state index contributed by atoms with van der Waals surface area (Å²) in [7, 11) is -2.31. The van der Waals surface area contributed by atoms with Crippen LogP contribution < -0.4 is 19.5 Å². The van der Waals surface area contributed by atoms with Crippen molar-refractivity contribution < 1.29 is 27.4 Å². The van der Waals surface area contributed by atoms with Crippen LogP contribution in [0, 0.1) is 0 Å². The highest BCUT2D eigenvalue weighted by molar-refractivity contribution is 7.89. The maximum atomic E-state index is 13.2. The number of hydrogen-bond acceptors (Lipinski definition) is 6. The van der Waals surface area contributed by atoms with Crippen LogP contribution in [0.3, 0.4) is 0 Å². The number of carbonyl (C=O) groups excluding carboxylic acids is 1. The Morgan fingerprint density at radius 3 is 2.39 bits per heavy atom. The van der Waals surface area contributed by atoms with Crippen LogP contribution in [0.2, 0.25) is 0 Å². The molecule has 9 heteroatoms. The molecule has 31 heavy (non-hydrogen) atoms. The van der Waals surface area contributed by atoms with Gasteiger partial charge in [-0.25, -0.2) is 8.42 Å². The van der Waals surface area contributed by atoms with Gasteiger partial charge in [-0.05, 0) is 63.1 Å². The molecule has 0 saturated carbocycles. The summed E-state index contributed by atoms with van der Waals surface area (Å²) in [6, 6.07) is 10.5. The smallest absolute Gasteiger partial charge is 0.243 e. The molecule has 2 aromatic rings. The van der Waals surface area contributed by atoms with E-state index in [9.17, 15) is 13.2 Å². The molecule has 1 atom stereocenters. The Balaban J connectivity index is 1.83. The standard InChI is InChI=1S/C22H28N2O6S/c1-4-29-17-10-13-21(30-5-2)19(15-17)23-22(25)20-7-6-14-24(20)31(26,27)18-11-8-16(28-3)9-12-18/h8-13,15,20H,4-7,14H2,1-3H3,(H,23,25). The monoisotopic (exact) mass is 448 g/mol. The first kappa shape index (κ1) is 22.9. The second-order valence-corrected chi connectivity index (χ2v) is 8.85. The summed E-state index contributed by atoms with van der Waals surface area (Å²) in [5.41, 5.74) is 0.450. The molecule has 3 rings (SSSR count). The molecule has 168 valence electrons. The van der Waals surface area contributed by atoms with E-state index in [1.54, 1.807) is 30.3 Å². The van der Waals surface area contributed by atoms with Crippen molar-refractivity contribution in [3.05, 3.63) is 42.5 Å². The maximum absolute atomic E-state index is 13.2. The number of rotatable bonds is 9. The van der Waals surface area contributed by atoms with Crippen molar-refractivity contribution in [2.75, 3.05) is 32.2 Å². The van der Waals surface area contributed by atoms with Gasteiger partial charge >= 0.3 is 0 Å². The molecule has 0 bridgehead atoms. The molecule has 8 nitrogen and oxygen atoms in total. The van der Waals surface area contributed by atoms with Crippen LogP contribution in [0.1, 0.15) is 26.7 Å². The minimum absolute atomic E-state index is 0.126. The molecule has 1 heterocycles.